The molecule has 0 aliphatic carbocycles. The van der Waals surface area contributed by atoms with Gasteiger partial charge in [0.25, 0.3) is 0 Å². The van der Waals surface area contributed by atoms with Crippen molar-refractivity contribution in [2.24, 2.45) is 0 Å². The predicted molar refractivity (Wildman–Crippen MR) is 216 cm³/mol. The number of rotatable bonds is 4. The van der Waals surface area contributed by atoms with Gasteiger partial charge in [0.2, 0.25) is 0 Å². The van der Waals surface area contributed by atoms with Gasteiger partial charge in [-0.25, -0.2) is 0 Å². The number of para-hydroxylation sites is 5. The first kappa shape index (κ1) is 28.5. The smallest absolute Gasteiger partial charge is 0.152 e. The molecule has 0 atom stereocenters. The van der Waals surface area contributed by atoms with Crippen molar-refractivity contribution < 1.29 is 13.6 Å². The second-order valence-corrected chi connectivity index (χ2v) is 13.7. The van der Waals surface area contributed by atoms with Crippen LogP contribution in [0.15, 0.2) is 179 Å². The first-order chi connectivity index (χ1) is 26.3. The van der Waals surface area contributed by atoms with Crippen molar-refractivity contribution in [1.29, 1.82) is 0 Å². The Bertz CT molecular complexity index is 3160. The van der Waals surface area contributed by atoms with Crippen molar-refractivity contribution in [3.63, 3.8) is 0 Å². The van der Waals surface area contributed by atoms with Crippen molar-refractivity contribution in [3.05, 3.63) is 170 Å². The molecule has 0 bridgehead atoms. The van der Waals surface area contributed by atoms with Crippen LogP contribution in [0.4, 0.5) is 17.1 Å². The van der Waals surface area contributed by atoms with E-state index >= 15 is 0 Å². The van der Waals surface area contributed by atoms with E-state index in [-0.39, 0.29) is 0 Å². The molecule has 0 saturated heterocycles. The van der Waals surface area contributed by atoms with Crippen LogP contribution in [0.1, 0.15) is 0 Å². The molecule has 0 unspecified atom stereocenters. The summed E-state index contributed by atoms with van der Waals surface area (Å²) in [4.78, 5) is 2.28. The molecule has 0 saturated carbocycles. The van der Waals surface area contributed by atoms with Crippen LogP contribution in [0, 0.1) is 0 Å². The number of hydrogen-bond acceptors (Lipinski definition) is 4. The molecule has 53 heavy (non-hydrogen) atoms. The second-order valence-electron chi connectivity index (χ2n) is 13.7. The third-order valence-electron chi connectivity index (χ3n) is 10.8. The molecule has 5 nitrogen and oxygen atoms in total. The lowest BCUT2D eigenvalue weighted by Gasteiger charge is -2.25. The van der Waals surface area contributed by atoms with Crippen molar-refractivity contribution in [2.75, 3.05) is 4.90 Å². The van der Waals surface area contributed by atoms with Gasteiger partial charge in [-0.15, -0.1) is 0 Å². The van der Waals surface area contributed by atoms with Crippen molar-refractivity contribution in [1.82, 2.24) is 4.57 Å². The minimum atomic E-state index is 0.848. The van der Waals surface area contributed by atoms with Crippen LogP contribution < -0.4 is 9.64 Å². The molecular formula is C48H28N2O3. The molecule has 8 aromatic carbocycles. The van der Waals surface area contributed by atoms with E-state index in [1.54, 1.807) is 0 Å². The number of hydrogen-bond donors (Lipinski definition) is 0. The van der Waals surface area contributed by atoms with Crippen LogP contribution in [-0.4, -0.2) is 4.57 Å². The number of aromatic nitrogens is 1. The van der Waals surface area contributed by atoms with Crippen LogP contribution in [0.25, 0.3) is 82.5 Å². The molecule has 0 radical (unpaired) electrons. The van der Waals surface area contributed by atoms with E-state index in [2.05, 4.69) is 143 Å². The van der Waals surface area contributed by atoms with E-state index in [1.165, 1.54) is 16.3 Å². The summed E-state index contributed by atoms with van der Waals surface area (Å²) in [5.41, 5.74) is 12.1. The molecule has 0 amide bonds. The van der Waals surface area contributed by atoms with Gasteiger partial charge in [0.1, 0.15) is 22.3 Å². The number of anilines is 3. The summed E-state index contributed by atoms with van der Waals surface area (Å²) in [5.74, 6) is 1.73. The molecule has 248 valence electrons. The van der Waals surface area contributed by atoms with Crippen LogP contribution in [0.3, 0.4) is 0 Å². The molecule has 4 heterocycles. The summed E-state index contributed by atoms with van der Waals surface area (Å²) in [6.45, 7) is 0. The van der Waals surface area contributed by atoms with E-state index in [4.69, 9.17) is 13.6 Å². The Morgan fingerprint density at radius 2 is 0.981 bits per heavy atom. The van der Waals surface area contributed by atoms with Gasteiger partial charge >= 0.3 is 0 Å². The number of fused-ring (bicyclic) bond motifs is 11. The van der Waals surface area contributed by atoms with Crippen molar-refractivity contribution >= 4 is 82.7 Å². The van der Waals surface area contributed by atoms with Gasteiger partial charge in [0.05, 0.1) is 16.7 Å². The SMILES string of the molecule is c1ccc2c(c1)Oc1cccc3c4c(-c5ccc(N(c6ccc7c(c6)oc6ccccc67)c6ccc7c(c6)oc6ccccc67)cc5)cccc4n-2c13. The lowest BCUT2D eigenvalue weighted by atomic mass is 9.99. The number of furan rings is 2. The van der Waals surface area contributed by atoms with Gasteiger partial charge in [-0.2, -0.15) is 0 Å². The average molecular weight is 681 g/mol. The Labute approximate surface area is 303 Å². The zero-order chi connectivity index (χ0) is 34.6. The highest BCUT2D eigenvalue weighted by Crippen LogP contribution is 2.48. The molecule has 0 N–H and O–H groups in total. The van der Waals surface area contributed by atoms with E-state index in [1.807, 2.05) is 36.4 Å². The standard InChI is InChI=1S/C48H28N2O3/c1-4-15-41-34(9-1)36-25-23-31(27-45(36)51-41)49(32-24-26-37-35-10-2-5-16-42(35)52-46(37)28-32)30-21-19-29(20-22-30)33-11-7-14-40-47(33)38-12-8-18-44-48(38)50(40)39-13-3-6-17-43(39)53-44/h1-28H. The molecule has 5 heteroatoms. The summed E-state index contributed by atoms with van der Waals surface area (Å²) in [5, 5.41) is 6.80. The maximum absolute atomic E-state index is 6.40. The summed E-state index contributed by atoms with van der Waals surface area (Å²) in [6, 6.07) is 59.4. The fourth-order valence-corrected chi connectivity index (χ4v) is 8.45. The maximum Gasteiger partial charge on any atom is 0.152 e. The van der Waals surface area contributed by atoms with E-state index in [0.29, 0.717) is 0 Å². The molecule has 11 aromatic rings. The Morgan fingerprint density at radius 3 is 1.70 bits per heavy atom. The van der Waals surface area contributed by atoms with E-state index in [9.17, 15) is 0 Å². The number of nitrogens with zero attached hydrogens (tertiary/aromatic N) is 2. The molecule has 0 fully saturated rings. The van der Waals surface area contributed by atoms with Crippen LogP contribution in [-0.2, 0) is 0 Å². The average Bonchev–Trinajstić information content (AvgIpc) is 3.88. The quantitative estimate of drug-likeness (QED) is 0.186. The fraction of sp³-hybridized carbons (Fsp3) is 0. The topological polar surface area (TPSA) is 43.7 Å². The van der Waals surface area contributed by atoms with Crippen LogP contribution in [0.2, 0.25) is 0 Å². The summed E-state index contributed by atoms with van der Waals surface area (Å²) in [7, 11) is 0. The Kier molecular flexibility index (Phi) is 5.71. The van der Waals surface area contributed by atoms with Crippen LogP contribution in [0.5, 0.6) is 11.5 Å². The maximum atomic E-state index is 6.40. The Hall–Kier alpha value is -7.24. The second kappa shape index (κ2) is 10.6. The van der Waals surface area contributed by atoms with Gasteiger partial charge in [0.15, 0.2) is 11.5 Å². The van der Waals surface area contributed by atoms with Crippen molar-refractivity contribution in [2.45, 2.75) is 0 Å². The number of ether oxygens (including phenoxy) is 1. The summed E-state index contributed by atoms with van der Waals surface area (Å²) in [6.07, 6.45) is 0. The summed E-state index contributed by atoms with van der Waals surface area (Å²) < 4.78 is 21.5. The zero-order valence-corrected chi connectivity index (χ0v) is 28.3. The van der Waals surface area contributed by atoms with Crippen molar-refractivity contribution in [3.8, 4) is 28.3 Å². The van der Waals surface area contributed by atoms with E-state index < -0.39 is 0 Å². The number of benzene rings is 8. The molecule has 1 aliphatic rings. The molecular weight excluding hydrogens is 653 g/mol. The van der Waals surface area contributed by atoms with Gasteiger partial charge in [-0.1, -0.05) is 84.9 Å². The Morgan fingerprint density at radius 1 is 0.415 bits per heavy atom. The highest BCUT2D eigenvalue weighted by molar-refractivity contribution is 6.18. The zero-order valence-electron chi connectivity index (χ0n) is 28.3. The minimum Gasteiger partial charge on any atom is -0.456 e. The molecule has 1 aliphatic heterocycles. The predicted octanol–water partition coefficient (Wildman–Crippen LogP) is 13.8. The van der Waals surface area contributed by atoms with Gasteiger partial charge < -0.3 is 23.0 Å². The van der Waals surface area contributed by atoms with Gasteiger partial charge in [-0.3, -0.25) is 0 Å². The lowest BCUT2D eigenvalue weighted by Crippen LogP contribution is -2.09. The van der Waals surface area contributed by atoms with Gasteiger partial charge in [0, 0.05) is 61.5 Å². The highest BCUT2D eigenvalue weighted by Gasteiger charge is 2.25. The van der Waals surface area contributed by atoms with Crippen LogP contribution >= 0.6 is 0 Å². The molecule has 0 spiro atoms. The lowest BCUT2D eigenvalue weighted by molar-refractivity contribution is 0.476. The molecule has 3 aromatic heterocycles. The normalized spacial score (nSPS) is 12.3. The molecule has 12 rings (SSSR count). The monoisotopic (exact) mass is 680 g/mol. The van der Waals surface area contributed by atoms with Gasteiger partial charge in [-0.05, 0) is 83.9 Å². The largest absolute Gasteiger partial charge is 0.456 e. The van der Waals surface area contributed by atoms with E-state index in [0.717, 1.165) is 94.7 Å². The highest BCUT2D eigenvalue weighted by atomic mass is 16.5. The third kappa shape index (κ3) is 4.07. The third-order valence-corrected chi connectivity index (χ3v) is 10.8. The first-order valence-electron chi connectivity index (χ1n) is 17.8. The Balaban J connectivity index is 1.03. The fourth-order valence-electron chi connectivity index (χ4n) is 8.45. The first-order valence-corrected chi connectivity index (χ1v) is 17.8. The minimum absolute atomic E-state index is 0.848. The summed E-state index contributed by atoms with van der Waals surface area (Å²) >= 11 is 0.